The summed E-state index contributed by atoms with van der Waals surface area (Å²) < 4.78 is 1.71. The van der Waals surface area contributed by atoms with Crippen molar-refractivity contribution >= 4 is 11.9 Å². The molecule has 0 saturated carbocycles. The van der Waals surface area contributed by atoms with Crippen molar-refractivity contribution in [1.29, 1.82) is 0 Å². The number of nitrogens with one attached hydrogen (secondary N) is 1. The van der Waals surface area contributed by atoms with Gasteiger partial charge in [-0.3, -0.25) is 5.43 Å². The molecule has 2 aromatic carbocycles. The van der Waals surface area contributed by atoms with Crippen molar-refractivity contribution in [2.75, 3.05) is 5.43 Å². The van der Waals surface area contributed by atoms with E-state index in [0.29, 0.717) is 6.42 Å². The predicted octanol–water partition coefficient (Wildman–Crippen LogP) is 2.92. The Morgan fingerprint density at radius 2 is 1.91 bits per heavy atom. The Bertz CT molecular complexity index is 807. The summed E-state index contributed by atoms with van der Waals surface area (Å²) >= 11 is 0. The first-order chi connectivity index (χ1) is 11.3. The molecule has 0 aliphatic rings. The number of anilines is 1. The zero-order chi connectivity index (χ0) is 16.1. The summed E-state index contributed by atoms with van der Waals surface area (Å²) in [6.45, 7) is 4.15. The van der Waals surface area contributed by atoms with Crippen molar-refractivity contribution in [3.63, 3.8) is 0 Å². The quantitative estimate of drug-likeness (QED) is 0.581. The SMILES string of the molecule is Cc1cccc(N/N=C\Cc2nnnn2-c2ccccc2)c1C. The minimum Gasteiger partial charge on any atom is -0.279 e. The van der Waals surface area contributed by atoms with E-state index in [4.69, 9.17) is 0 Å². The Labute approximate surface area is 134 Å². The average molecular weight is 306 g/mol. The average Bonchev–Trinajstić information content (AvgIpc) is 3.04. The molecule has 0 aliphatic carbocycles. The molecule has 0 radical (unpaired) electrons. The van der Waals surface area contributed by atoms with Crippen LogP contribution in [0.25, 0.3) is 5.69 Å². The second-order valence-electron chi connectivity index (χ2n) is 5.22. The van der Waals surface area contributed by atoms with Crippen LogP contribution in [0.5, 0.6) is 0 Å². The summed E-state index contributed by atoms with van der Waals surface area (Å²) in [7, 11) is 0. The highest BCUT2D eigenvalue weighted by Crippen LogP contribution is 2.17. The molecule has 1 heterocycles. The Hall–Kier alpha value is -3.02. The van der Waals surface area contributed by atoms with Crippen LogP contribution in [0.1, 0.15) is 17.0 Å². The molecule has 0 aliphatic heterocycles. The number of benzene rings is 2. The summed E-state index contributed by atoms with van der Waals surface area (Å²) in [5.74, 6) is 0.739. The maximum atomic E-state index is 4.27. The Morgan fingerprint density at radius 3 is 2.74 bits per heavy atom. The lowest BCUT2D eigenvalue weighted by Crippen LogP contribution is -2.04. The zero-order valence-corrected chi connectivity index (χ0v) is 13.1. The molecule has 23 heavy (non-hydrogen) atoms. The standard InChI is InChI=1S/C17H18N6/c1-13-7-6-10-16(14(13)2)19-18-12-11-17-20-21-22-23(17)15-8-4-3-5-9-15/h3-10,12,19H,11H2,1-2H3/b18-12-. The van der Waals surface area contributed by atoms with Gasteiger partial charge in [-0.05, 0) is 53.6 Å². The normalized spacial score (nSPS) is 11.0. The lowest BCUT2D eigenvalue weighted by Gasteiger charge is -2.07. The van der Waals surface area contributed by atoms with E-state index in [0.717, 1.165) is 17.2 Å². The first-order valence-corrected chi connectivity index (χ1v) is 7.42. The third-order valence-electron chi connectivity index (χ3n) is 3.69. The van der Waals surface area contributed by atoms with Gasteiger partial charge >= 0.3 is 0 Å². The van der Waals surface area contributed by atoms with Gasteiger partial charge in [0.05, 0.1) is 11.4 Å². The van der Waals surface area contributed by atoms with E-state index >= 15 is 0 Å². The van der Waals surface area contributed by atoms with Crippen LogP contribution >= 0.6 is 0 Å². The highest BCUT2D eigenvalue weighted by molar-refractivity contribution is 5.63. The summed E-state index contributed by atoms with van der Waals surface area (Å²) in [5.41, 5.74) is 7.43. The van der Waals surface area contributed by atoms with E-state index in [1.54, 1.807) is 10.9 Å². The fourth-order valence-electron chi connectivity index (χ4n) is 2.22. The first-order valence-electron chi connectivity index (χ1n) is 7.42. The molecule has 0 amide bonds. The van der Waals surface area contributed by atoms with Crippen LogP contribution in [0.15, 0.2) is 53.6 Å². The second-order valence-corrected chi connectivity index (χ2v) is 5.22. The van der Waals surface area contributed by atoms with Crippen LogP contribution in [-0.2, 0) is 6.42 Å². The van der Waals surface area contributed by atoms with Crippen molar-refractivity contribution in [3.05, 3.63) is 65.5 Å². The molecule has 116 valence electrons. The fourth-order valence-corrected chi connectivity index (χ4v) is 2.22. The summed E-state index contributed by atoms with van der Waals surface area (Å²) in [6, 6.07) is 15.9. The molecular weight excluding hydrogens is 288 g/mol. The van der Waals surface area contributed by atoms with Crippen molar-refractivity contribution < 1.29 is 0 Å². The monoisotopic (exact) mass is 306 g/mol. The number of aryl methyl sites for hydroxylation is 1. The van der Waals surface area contributed by atoms with Crippen molar-refractivity contribution in [3.8, 4) is 5.69 Å². The third-order valence-corrected chi connectivity index (χ3v) is 3.69. The lowest BCUT2D eigenvalue weighted by molar-refractivity contribution is 0.776. The van der Waals surface area contributed by atoms with Crippen LogP contribution in [0.2, 0.25) is 0 Å². The van der Waals surface area contributed by atoms with E-state index in [1.165, 1.54) is 11.1 Å². The third kappa shape index (κ3) is 3.42. The van der Waals surface area contributed by atoms with Gasteiger partial charge in [0.2, 0.25) is 0 Å². The van der Waals surface area contributed by atoms with Crippen LogP contribution in [-0.4, -0.2) is 26.4 Å². The van der Waals surface area contributed by atoms with Gasteiger partial charge in [-0.15, -0.1) is 5.10 Å². The molecule has 0 atom stereocenters. The highest BCUT2D eigenvalue weighted by Gasteiger charge is 2.06. The van der Waals surface area contributed by atoms with Gasteiger partial charge < -0.3 is 0 Å². The number of hydrogen-bond donors (Lipinski definition) is 1. The smallest absolute Gasteiger partial charge is 0.162 e. The number of hydrazone groups is 1. The van der Waals surface area contributed by atoms with Crippen LogP contribution in [0.3, 0.4) is 0 Å². The van der Waals surface area contributed by atoms with E-state index < -0.39 is 0 Å². The largest absolute Gasteiger partial charge is 0.279 e. The number of nitrogens with zero attached hydrogens (tertiary/aromatic N) is 5. The number of hydrogen-bond acceptors (Lipinski definition) is 5. The first kappa shape index (κ1) is 14.9. The van der Waals surface area contributed by atoms with Crippen molar-refractivity contribution in [2.24, 2.45) is 5.10 Å². The molecule has 1 aromatic heterocycles. The molecular formula is C17H18N6. The van der Waals surface area contributed by atoms with Crippen molar-refractivity contribution in [1.82, 2.24) is 20.2 Å². The molecule has 6 heteroatoms. The van der Waals surface area contributed by atoms with Crippen LogP contribution in [0, 0.1) is 13.8 Å². The summed E-state index contributed by atoms with van der Waals surface area (Å²) in [5, 5.41) is 16.1. The molecule has 3 aromatic rings. The topological polar surface area (TPSA) is 68.0 Å². The van der Waals surface area contributed by atoms with E-state index in [-0.39, 0.29) is 0 Å². The molecule has 0 fully saturated rings. The maximum Gasteiger partial charge on any atom is 0.162 e. The Kier molecular flexibility index (Phi) is 4.42. The number of rotatable bonds is 5. The highest BCUT2D eigenvalue weighted by atomic mass is 15.5. The van der Waals surface area contributed by atoms with Crippen molar-refractivity contribution in [2.45, 2.75) is 20.3 Å². The van der Waals surface area contributed by atoms with Gasteiger partial charge in [-0.1, -0.05) is 30.3 Å². The van der Waals surface area contributed by atoms with Gasteiger partial charge in [-0.2, -0.15) is 9.78 Å². The molecule has 1 N–H and O–H groups in total. The number of aromatic nitrogens is 4. The Balaban J connectivity index is 1.68. The van der Waals surface area contributed by atoms with Gasteiger partial charge in [0, 0.05) is 12.6 Å². The van der Waals surface area contributed by atoms with Gasteiger partial charge in [-0.25, -0.2) is 0 Å². The summed E-state index contributed by atoms with van der Waals surface area (Å²) in [4.78, 5) is 0. The molecule has 6 nitrogen and oxygen atoms in total. The number of para-hydroxylation sites is 1. The van der Waals surface area contributed by atoms with Gasteiger partial charge in [0.1, 0.15) is 0 Å². The van der Waals surface area contributed by atoms with E-state index in [9.17, 15) is 0 Å². The number of tetrazole rings is 1. The molecule has 3 rings (SSSR count). The minimum absolute atomic E-state index is 0.541. The lowest BCUT2D eigenvalue weighted by atomic mass is 10.1. The Morgan fingerprint density at radius 1 is 1.09 bits per heavy atom. The van der Waals surface area contributed by atoms with Gasteiger partial charge in [0.25, 0.3) is 0 Å². The summed E-state index contributed by atoms with van der Waals surface area (Å²) in [6.07, 6.45) is 2.31. The zero-order valence-electron chi connectivity index (χ0n) is 13.1. The molecule has 0 spiro atoms. The predicted molar refractivity (Wildman–Crippen MR) is 90.9 cm³/mol. The molecule has 0 bridgehead atoms. The minimum atomic E-state index is 0.541. The van der Waals surface area contributed by atoms with Crippen LogP contribution in [0.4, 0.5) is 5.69 Å². The van der Waals surface area contributed by atoms with E-state index in [2.05, 4.69) is 46.0 Å². The molecule has 0 unspecified atom stereocenters. The fraction of sp³-hybridized carbons (Fsp3) is 0.176. The van der Waals surface area contributed by atoms with Crippen LogP contribution < -0.4 is 5.43 Å². The van der Waals surface area contributed by atoms with E-state index in [1.807, 2.05) is 42.5 Å². The maximum absolute atomic E-state index is 4.27. The van der Waals surface area contributed by atoms with Gasteiger partial charge in [0.15, 0.2) is 5.82 Å². The second kappa shape index (κ2) is 6.83. The molecule has 0 saturated heterocycles.